The molecule has 1 aliphatic rings. The SMILES string of the molecule is OCCC1CCCCN1c1cccc(C(F)(F)F)n1. The second-order valence-corrected chi connectivity index (χ2v) is 4.73. The molecule has 106 valence electrons. The Morgan fingerprint density at radius 2 is 2.11 bits per heavy atom. The normalized spacial score (nSPS) is 20.6. The maximum absolute atomic E-state index is 12.7. The molecule has 1 aromatic heterocycles. The van der Waals surface area contributed by atoms with Gasteiger partial charge in [-0.15, -0.1) is 0 Å². The van der Waals surface area contributed by atoms with Gasteiger partial charge >= 0.3 is 6.18 Å². The van der Waals surface area contributed by atoms with Crippen molar-refractivity contribution < 1.29 is 18.3 Å². The van der Waals surface area contributed by atoms with Gasteiger partial charge in [0.2, 0.25) is 0 Å². The fraction of sp³-hybridized carbons (Fsp3) is 0.615. The largest absolute Gasteiger partial charge is 0.433 e. The summed E-state index contributed by atoms with van der Waals surface area (Å²) in [5.41, 5.74) is -0.863. The van der Waals surface area contributed by atoms with Gasteiger partial charge in [0, 0.05) is 19.2 Å². The highest BCUT2D eigenvalue weighted by molar-refractivity contribution is 5.41. The van der Waals surface area contributed by atoms with Crippen LogP contribution in [0.1, 0.15) is 31.4 Å². The highest BCUT2D eigenvalue weighted by Gasteiger charge is 2.33. The van der Waals surface area contributed by atoms with Crippen molar-refractivity contribution in [3.8, 4) is 0 Å². The van der Waals surface area contributed by atoms with Gasteiger partial charge in [0.25, 0.3) is 0 Å². The summed E-state index contributed by atoms with van der Waals surface area (Å²) < 4.78 is 38.0. The first-order valence-corrected chi connectivity index (χ1v) is 6.44. The zero-order chi connectivity index (χ0) is 13.9. The van der Waals surface area contributed by atoms with E-state index in [4.69, 9.17) is 5.11 Å². The van der Waals surface area contributed by atoms with E-state index in [1.54, 1.807) is 6.07 Å². The van der Waals surface area contributed by atoms with Crippen LogP contribution < -0.4 is 4.90 Å². The Labute approximate surface area is 110 Å². The van der Waals surface area contributed by atoms with Crippen molar-refractivity contribution in [3.63, 3.8) is 0 Å². The first kappa shape index (κ1) is 14.1. The third-order valence-corrected chi connectivity index (χ3v) is 3.41. The van der Waals surface area contributed by atoms with Crippen molar-refractivity contribution in [2.45, 2.75) is 37.9 Å². The highest BCUT2D eigenvalue weighted by Crippen LogP contribution is 2.31. The molecular weight excluding hydrogens is 257 g/mol. The second kappa shape index (κ2) is 5.77. The van der Waals surface area contributed by atoms with Crippen LogP contribution in [-0.4, -0.2) is 29.3 Å². The van der Waals surface area contributed by atoms with E-state index in [1.165, 1.54) is 6.07 Å². The third kappa shape index (κ3) is 3.37. The van der Waals surface area contributed by atoms with E-state index >= 15 is 0 Å². The van der Waals surface area contributed by atoms with Crippen molar-refractivity contribution in [3.05, 3.63) is 23.9 Å². The zero-order valence-electron chi connectivity index (χ0n) is 10.5. The molecule has 1 N–H and O–H groups in total. The lowest BCUT2D eigenvalue weighted by molar-refractivity contribution is -0.141. The Bertz CT molecular complexity index is 421. The van der Waals surface area contributed by atoms with Gasteiger partial charge in [0.05, 0.1) is 0 Å². The second-order valence-electron chi connectivity index (χ2n) is 4.73. The molecule has 2 rings (SSSR count). The van der Waals surface area contributed by atoms with Crippen molar-refractivity contribution in [1.82, 2.24) is 4.98 Å². The quantitative estimate of drug-likeness (QED) is 0.920. The van der Waals surface area contributed by atoms with E-state index in [1.807, 2.05) is 4.90 Å². The molecule has 1 aliphatic heterocycles. The van der Waals surface area contributed by atoms with Crippen molar-refractivity contribution in [2.75, 3.05) is 18.1 Å². The summed E-state index contributed by atoms with van der Waals surface area (Å²) in [6.07, 6.45) is -0.978. The minimum absolute atomic E-state index is 0.0418. The molecule has 0 aliphatic carbocycles. The number of nitrogens with zero attached hydrogens (tertiary/aromatic N) is 2. The summed E-state index contributed by atoms with van der Waals surface area (Å²) in [4.78, 5) is 5.60. The number of aromatic nitrogens is 1. The Morgan fingerprint density at radius 1 is 1.32 bits per heavy atom. The molecule has 1 unspecified atom stereocenters. The molecule has 3 nitrogen and oxygen atoms in total. The predicted octanol–water partition coefficient (Wildman–Crippen LogP) is 2.84. The van der Waals surface area contributed by atoms with Crippen LogP contribution >= 0.6 is 0 Å². The predicted molar refractivity (Wildman–Crippen MR) is 65.9 cm³/mol. The topological polar surface area (TPSA) is 36.4 Å². The first-order valence-electron chi connectivity index (χ1n) is 6.44. The Morgan fingerprint density at radius 3 is 2.79 bits per heavy atom. The van der Waals surface area contributed by atoms with E-state index in [-0.39, 0.29) is 12.6 Å². The van der Waals surface area contributed by atoms with Gasteiger partial charge in [0.15, 0.2) is 0 Å². The van der Waals surface area contributed by atoms with Gasteiger partial charge in [-0.2, -0.15) is 13.2 Å². The summed E-state index contributed by atoms with van der Waals surface area (Å²) in [5.74, 6) is 0.355. The van der Waals surface area contributed by atoms with Gasteiger partial charge in [-0.25, -0.2) is 4.98 Å². The molecule has 6 heteroatoms. The summed E-state index contributed by atoms with van der Waals surface area (Å²) in [6, 6.07) is 4.05. The number of pyridine rings is 1. The minimum atomic E-state index is -4.42. The van der Waals surface area contributed by atoms with E-state index in [9.17, 15) is 13.2 Å². The number of anilines is 1. The van der Waals surface area contributed by atoms with Crippen LogP contribution in [0.5, 0.6) is 0 Å². The van der Waals surface area contributed by atoms with Crippen LogP contribution in [0.2, 0.25) is 0 Å². The molecule has 19 heavy (non-hydrogen) atoms. The van der Waals surface area contributed by atoms with Crippen molar-refractivity contribution in [1.29, 1.82) is 0 Å². The Balaban J connectivity index is 2.24. The molecule has 0 bridgehead atoms. The van der Waals surface area contributed by atoms with E-state index in [0.717, 1.165) is 25.3 Å². The molecule has 1 aromatic rings. The van der Waals surface area contributed by atoms with Crippen molar-refractivity contribution in [2.24, 2.45) is 0 Å². The fourth-order valence-electron chi connectivity index (χ4n) is 2.49. The number of aliphatic hydroxyl groups excluding tert-OH is 1. The molecule has 0 saturated carbocycles. The van der Waals surface area contributed by atoms with Crippen molar-refractivity contribution >= 4 is 5.82 Å². The van der Waals surface area contributed by atoms with Gasteiger partial charge in [0.1, 0.15) is 11.5 Å². The summed E-state index contributed by atoms with van der Waals surface area (Å²) >= 11 is 0. The molecule has 0 radical (unpaired) electrons. The lowest BCUT2D eigenvalue weighted by atomic mass is 9.99. The monoisotopic (exact) mass is 274 g/mol. The van der Waals surface area contributed by atoms with Gasteiger partial charge in [-0.05, 0) is 37.8 Å². The average molecular weight is 274 g/mol. The smallest absolute Gasteiger partial charge is 0.396 e. The molecule has 1 atom stereocenters. The maximum atomic E-state index is 12.7. The molecule has 0 spiro atoms. The zero-order valence-corrected chi connectivity index (χ0v) is 10.5. The van der Waals surface area contributed by atoms with E-state index < -0.39 is 11.9 Å². The van der Waals surface area contributed by atoms with Crippen LogP contribution in [0.25, 0.3) is 0 Å². The maximum Gasteiger partial charge on any atom is 0.433 e. The van der Waals surface area contributed by atoms with Crippen LogP contribution in [0.3, 0.4) is 0 Å². The molecule has 0 amide bonds. The number of hydrogen-bond donors (Lipinski definition) is 1. The van der Waals surface area contributed by atoms with Gasteiger partial charge < -0.3 is 10.0 Å². The molecule has 0 aromatic carbocycles. The molecular formula is C13H17F3N2O. The highest BCUT2D eigenvalue weighted by atomic mass is 19.4. The number of piperidine rings is 1. The summed E-state index contributed by atoms with van der Waals surface area (Å²) in [5, 5.41) is 9.04. The molecule has 2 heterocycles. The van der Waals surface area contributed by atoms with E-state index in [2.05, 4.69) is 4.98 Å². The summed E-state index contributed by atoms with van der Waals surface area (Å²) in [6.45, 7) is 0.735. The first-order chi connectivity index (χ1) is 9.02. The van der Waals surface area contributed by atoms with Crippen LogP contribution in [-0.2, 0) is 6.18 Å². The average Bonchev–Trinajstić information content (AvgIpc) is 2.39. The van der Waals surface area contributed by atoms with Crippen LogP contribution in [0, 0.1) is 0 Å². The lowest BCUT2D eigenvalue weighted by Gasteiger charge is -2.36. The standard InChI is InChI=1S/C13H17F3N2O/c14-13(15,16)11-5-3-6-12(17-11)18-8-2-1-4-10(18)7-9-19/h3,5-6,10,19H,1-2,4,7-9H2. The summed E-state index contributed by atoms with van der Waals surface area (Å²) in [7, 11) is 0. The Kier molecular flexibility index (Phi) is 4.29. The number of hydrogen-bond acceptors (Lipinski definition) is 3. The van der Waals surface area contributed by atoms with Gasteiger partial charge in [-0.1, -0.05) is 6.07 Å². The number of rotatable bonds is 3. The fourth-order valence-corrected chi connectivity index (χ4v) is 2.49. The Hall–Kier alpha value is -1.30. The van der Waals surface area contributed by atoms with Crippen LogP contribution in [0.15, 0.2) is 18.2 Å². The minimum Gasteiger partial charge on any atom is -0.396 e. The number of halogens is 3. The molecule has 1 fully saturated rings. The third-order valence-electron chi connectivity index (χ3n) is 3.41. The van der Waals surface area contributed by atoms with E-state index in [0.29, 0.717) is 18.8 Å². The van der Waals surface area contributed by atoms with Gasteiger partial charge in [-0.3, -0.25) is 0 Å². The van der Waals surface area contributed by atoms with Crippen LogP contribution in [0.4, 0.5) is 19.0 Å². The lowest BCUT2D eigenvalue weighted by Crippen LogP contribution is -2.40. The number of alkyl halides is 3. The molecule has 1 saturated heterocycles. The number of aliphatic hydroxyl groups is 1.